The number of esters is 1. The summed E-state index contributed by atoms with van der Waals surface area (Å²) in [5.41, 5.74) is 0.907. The average Bonchev–Trinajstić information content (AvgIpc) is 3.06. The average molecular weight is 705 g/mol. The van der Waals surface area contributed by atoms with E-state index in [9.17, 15) is 18.0 Å². The van der Waals surface area contributed by atoms with Crippen LogP contribution in [0.5, 0.6) is 5.75 Å². The van der Waals surface area contributed by atoms with Crippen molar-refractivity contribution < 1.29 is 27.4 Å². The molecule has 2 aliphatic rings. The van der Waals surface area contributed by atoms with Crippen LogP contribution in [0.15, 0.2) is 82.6 Å². The summed E-state index contributed by atoms with van der Waals surface area (Å²) in [7, 11) is 0. The maximum atomic E-state index is 13.5. The molecule has 2 aliphatic heterocycles. The van der Waals surface area contributed by atoms with E-state index >= 15 is 0 Å². The molecular weight excluding hydrogens is 670 g/mol. The van der Waals surface area contributed by atoms with E-state index in [4.69, 9.17) is 32.7 Å². The van der Waals surface area contributed by atoms with Gasteiger partial charge < -0.3 is 19.3 Å². The molecule has 248 valence electrons. The number of para-hydroxylation sites is 1. The van der Waals surface area contributed by atoms with Crippen molar-refractivity contribution in [2.24, 2.45) is 0 Å². The molecule has 1 saturated heterocycles. The number of alkyl halides is 3. The van der Waals surface area contributed by atoms with Gasteiger partial charge in [-0.25, -0.2) is 4.79 Å². The molecule has 0 radical (unpaired) electrons. The second-order valence-corrected chi connectivity index (χ2v) is 13.5. The van der Waals surface area contributed by atoms with Crippen molar-refractivity contribution in [2.45, 2.75) is 35.4 Å². The van der Waals surface area contributed by atoms with Crippen LogP contribution in [0.4, 0.5) is 24.5 Å². The zero-order valence-corrected chi connectivity index (χ0v) is 28.1. The maximum absolute atomic E-state index is 13.5. The van der Waals surface area contributed by atoms with Crippen LogP contribution in [0.1, 0.15) is 18.9 Å². The summed E-state index contributed by atoms with van der Waals surface area (Å²) in [4.78, 5) is 21.2. The zero-order chi connectivity index (χ0) is 33.1. The fourth-order valence-corrected chi connectivity index (χ4v) is 7.61. The third kappa shape index (κ3) is 7.78. The number of benzene rings is 4. The fraction of sp³-hybridized carbons (Fsp3) is 0.343. The van der Waals surface area contributed by atoms with Gasteiger partial charge in [-0.1, -0.05) is 71.4 Å². The molecule has 1 fully saturated rings. The molecule has 0 bridgehead atoms. The summed E-state index contributed by atoms with van der Waals surface area (Å²) >= 11 is 14.2. The highest BCUT2D eigenvalue weighted by molar-refractivity contribution is 7.99. The number of hydrogen-bond donors (Lipinski definition) is 0. The van der Waals surface area contributed by atoms with E-state index in [0.717, 1.165) is 71.5 Å². The Labute approximate surface area is 286 Å². The molecule has 1 unspecified atom stereocenters. The van der Waals surface area contributed by atoms with Gasteiger partial charge >= 0.3 is 12.1 Å². The lowest BCUT2D eigenvalue weighted by atomic mass is 10.1. The van der Waals surface area contributed by atoms with Crippen LogP contribution in [0.2, 0.25) is 10.0 Å². The normalized spacial score (nSPS) is 16.1. The van der Waals surface area contributed by atoms with Crippen molar-refractivity contribution in [2.75, 3.05) is 57.3 Å². The quantitative estimate of drug-likeness (QED) is 0.153. The van der Waals surface area contributed by atoms with Crippen molar-refractivity contribution in [1.29, 1.82) is 0 Å². The Kier molecular flexibility index (Phi) is 10.4. The molecule has 6 rings (SSSR count). The first kappa shape index (κ1) is 33.7. The number of halogens is 5. The van der Waals surface area contributed by atoms with E-state index < -0.39 is 23.8 Å². The largest absolute Gasteiger partial charge is 0.477 e. The zero-order valence-electron chi connectivity index (χ0n) is 25.7. The van der Waals surface area contributed by atoms with E-state index in [2.05, 4.69) is 9.80 Å². The van der Waals surface area contributed by atoms with Gasteiger partial charge in [0.25, 0.3) is 0 Å². The van der Waals surface area contributed by atoms with Gasteiger partial charge in [-0.3, -0.25) is 4.90 Å². The molecule has 12 heteroatoms. The second-order valence-electron chi connectivity index (χ2n) is 11.6. The first-order chi connectivity index (χ1) is 22.6. The molecule has 4 aromatic carbocycles. The van der Waals surface area contributed by atoms with Crippen LogP contribution in [0, 0.1) is 0 Å². The lowest BCUT2D eigenvalue weighted by molar-refractivity contribution is -0.151. The van der Waals surface area contributed by atoms with E-state index in [-0.39, 0.29) is 6.61 Å². The summed E-state index contributed by atoms with van der Waals surface area (Å²) in [5, 5.41) is 2.34. The smallest absolute Gasteiger partial charge is 0.416 e. The number of carbonyl (C=O) groups excluding carboxylic acids is 1. The SMILES string of the molecule is CC(Oc1c(Cl)cc(Cl)c2ccccc12)C(=O)OCCN1CCN(CCCN2c3ccccc3Sc3ccc(C(F)(F)F)cc32)CC1. The van der Waals surface area contributed by atoms with Crippen LogP contribution in [0.3, 0.4) is 0 Å². The van der Waals surface area contributed by atoms with E-state index in [1.54, 1.807) is 19.1 Å². The van der Waals surface area contributed by atoms with Crippen molar-refractivity contribution in [3.8, 4) is 5.75 Å². The van der Waals surface area contributed by atoms with Gasteiger partial charge in [0.15, 0.2) is 6.10 Å². The monoisotopic (exact) mass is 703 g/mol. The van der Waals surface area contributed by atoms with Gasteiger partial charge in [-0.05, 0) is 56.3 Å². The van der Waals surface area contributed by atoms with E-state index in [0.29, 0.717) is 34.6 Å². The molecule has 0 amide bonds. The minimum absolute atomic E-state index is 0.243. The van der Waals surface area contributed by atoms with Crippen molar-refractivity contribution in [3.05, 3.63) is 88.4 Å². The Balaban J connectivity index is 0.958. The van der Waals surface area contributed by atoms with Crippen molar-refractivity contribution in [1.82, 2.24) is 9.80 Å². The lowest BCUT2D eigenvalue weighted by Crippen LogP contribution is -2.48. The number of hydrogen-bond acceptors (Lipinski definition) is 7. The molecule has 4 aromatic rings. The van der Waals surface area contributed by atoms with E-state index in [1.807, 2.05) is 53.4 Å². The van der Waals surface area contributed by atoms with E-state index in [1.165, 1.54) is 17.8 Å². The Morgan fingerprint density at radius 3 is 2.23 bits per heavy atom. The second kappa shape index (κ2) is 14.5. The predicted molar refractivity (Wildman–Crippen MR) is 182 cm³/mol. The van der Waals surface area contributed by atoms with Gasteiger partial charge in [-0.2, -0.15) is 13.2 Å². The molecule has 0 saturated carbocycles. The Morgan fingerprint density at radius 2 is 1.49 bits per heavy atom. The van der Waals surface area contributed by atoms with Gasteiger partial charge in [0.2, 0.25) is 0 Å². The summed E-state index contributed by atoms with van der Waals surface area (Å²) in [6.07, 6.45) is -4.45. The number of piperazine rings is 1. The van der Waals surface area contributed by atoms with Crippen LogP contribution < -0.4 is 9.64 Å². The number of rotatable bonds is 10. The summed E-state index contributed by atoms with van der Waals surface area (Å²) in [6, 6.07) is 20.9. The van der Waals surface area contributed by atoms with Gasteiger partial charge in [-0.15, -0.1) is 0 Å². The minimum Gasteiger partial charge on any atom is -0.477 e. The summed E-state index contributed by atoms with van der Waals surface area (Å²) < 4.78 is 52.1. The molecule has 0 aliphatic carbocycles. The molecule has 2 heterocycles. The highest BCUT2D eigenvalue weighted by atomic mass is 35.5. The lowest BCUT2D eigenvalue weighted by Gasteiger charge is -2.36. The van der Waals surface area contributed by atoms with Gasteiger partial charge in [0.05, 0.1) is 27.0 Å². The van der Waals surface area contributed by atoms with Crippen molar-refractivity contribution >= 4 is 63.1 Å². The van der Waals surface area contributed by atoms with Crippen LogP contribution >= 0.6 is 35.0 Å². The van der Waals surface area contributed by atoms with Crippen molar-refractivity contribution in [3.63, 3.8) is 0 Å². The molecule has 47 heavy (non-hydrogen) atoms. The molecule has 0 N–H and O–H groups in total. The Morgan fingerprint density at radius 1 is 0.830 bits per heavy atom. The van der Waals surface area contributed by atoms with Gasteiger partial charge in [0, 0.05) is 59.8 Å². The standard InChI is InChI=1S/C35H34Cl2F3N3O3S/c1-23(46-33-26-8-3-2-7-25(26)27(36)22-28(33)37)34(44)45-20-19-42-17-15-41(16-18-42)13-6-14-43-29-9-4-5-10-31(29)47-32-12-11-24(21-30(32)43)35(38,39)40/h2-5,7-12,21-23H,6,13-20H2,1H3. The summed E-state index contributed by atoms with van der Waals surface area (Å²) in [5.74, 6) is -0.0776. The number of nitrogens with zero attached hydrogens (tertiary/aromatic N) is 3. The first-order valence-electron chi connectivity index (χ1n) is 15.5. The van der Waals surface area contributed by atoms with Crippen LogP contribution in [-0.2, 0) is 15.7 Å². The Hall–Kier alpha value is -3.15. The molecule has 6 nitrogen and oxygen atoms in total. The fourth-order valence-electron chi connectivity index (χ4n) is 5.95. The summed E-state index contributed by atoms with van der Waals surface area (Å²) in [6.45, 7) is 7.31. The molecular formula is C35H34Cl2F3N3O3S. The Bertz CT molecular complexity index is 1750. The molecule has 0 spiro atoms. The van der Waals surface area contributed by atoms with Gasteiger partial charge in [0.1, 0.15) is 12.4 Å². The third-order valence-electron chi connectivity index (χ3n) is 8.45. The number of anilines is 2. The molecule has 1 atom stereocenters. The minimum atomic E-state index is -4.40. The third-order valence-corrected chi connectivity index (χ3v) is 10.2. The highest BCUT2D eigenvalue weighted by Gasteiger charge is 2.33. The number of ether oxygens (including phenoxy) is 2. The number of carbonyl (C=O) groups is 1. The first-order valence-corrected chi connectivity index (χ1v) is 17.1. The van der Waals surface area contributed by atoms with Crippen LogP contribution in [0.25, 0.3) is 10.8 Å². The predicted octanol–water partition coefficient (Wildman–Crippen LogP) is 8.79. The number of fused-ring (bicyclic) bond motifs is 3. The maximum Gasteiger partial charge on any atom is 0.416 e. The van der Waals surface area contributed by atoms with Crippen LogP contribution in [-0.4, -0.2) is 74.3 Å². The highest BCUT2D eigenvalue weighted by Crippen LogP contribution is 2.49. The molecule has 0 aromatic heterocycles. The topological polar surface area (TPSA) is 45.3 Å².